The summed E-state index contributed by atoms with van der Waals surface area (Å²) in [7, 11) is -4.23. The minimum absolute atomic E-state index is 0.0206. The Kier molecular flexibility index (Phi) is 12.1. The summed E-state index contributed by atoms with van der Waals surface area (Å²) < 4.78 is 35.0. The molecule has 0 aliphatic heterocycles. The first kappa shape index (κ1) is 33.2. The van der Waals surface area contributed by atoms with E-state index in [4.69, 9.17) is 27.9 Å². The second-order valence-corrected chi connectivity index (χ2v) is 12.4. The van der Waals surface area contributed by atoms with Crippen LogP contribution in [0.5, 0.6) is 5.75 Å². The fourth-order valence-electron chi connectivity index (χ4n) is 4.41. The van der Waals surface area contributed by atoms with Crippen LogP contribution in [0.3, 0.4) is 0 Å². The quantitative estimate of drug-likeness (QED) is 0.227. The van der Waals surface area contributed by atoms with Crippen molar-refractivity contribution in [2.75, 3.05) is 24.0 Å². The van der Waals surface area contributed by atoms with Gasteiger partial charge in [-0.3, -0.25) is 13.9 Å². The zero-order chi connectivity index (χ0) is 30.9. The lowest BCUT2D eigenvalue weighted by Gasteiger charge is -2.33. The van der Waals surface area contributed by atoms with Gasteiger partial charge in [-0.05, 0) is 68.7 Å². The molecule has 11 heteroatoms. The van der Waals surface area contributed by atoms with Crippen LogP contribution in [0.2, 0.25) is 10.0 Å². The van der Waals surface area contributed by atoms with Crippen LogP contribution in [0.25, 0.3) is 0 Å². The van der Waals surface area contributed by atoms with E-state index >= 15 is 0 Å². The number of para-hydroxylation sites is 2. The molecule has 3 rings (SSSR count). The van der Waals surface area contributed by atoms with Crippen LogP contribution in [-0.4, -0.2) is 50.9 Å². The Morgan fingerprint density at radius 2 is 1.67 bits per heavy atom. The van der Waals surface area contributed by atoms with Gasteiger partial charge in [-0.25, -0.2) is 8.42 Å². The van der Waals surface area contributed by atoms with Crippen molar-refractivity contribution in [3.8, 4) is 5.75 Å². The molecule has 42 heavy (non-hydrogen) atoms. The van der Waals surface area contributed by atoms with E-state index in [1.165, 1.54) is 17.0 Å². The third kappa shape index (κ3) is 8.18. The van der Waals surface area contributed by atoms with Crippen molar-refractivity contribution in [3.63, 3.8) is 0 Å². The molecule has 3 aromatic carbocycles. The van der Waals surface area contributed by atoms with Crippen LogP contribution in [-0.2, 0) is 26.2 Å². The van der Waals surface area contributed by atoms with Gasteiger partial charge in [-0.15, -0.1) is 0 Å². The van der Waals surface area contributed by atoms with Crippen molar-refractivity contribution in [3.05, 3.63) is 87.9 Å². The molecule has 226 valence electrons. The van der Waals surface area contributed by atoms with Gasteiger partial charge in [-0.2, -0.15) is 0 Å². The molecule has 0 aliphatic carbocycles. The molecule has 0 aliphatic rings. The van der Waals surface area contributed by atoms with Crippen LogP contribution < -0.4 is 14.4 Å². The number of hydrogen-bond acceptors (Lipinski definition) is 5. The molecule has 1 atom stereocenters. The summed E-state index contributed by atoms with van der Waals surface area (Å²) in [6, 6.07) is 17.1. The molecular weight excluding hydrogens is 597 g/mol. The molecule has 0 spiro atoms. The smallest absolute Gasteiger partial charge is 0.264 e. The first-order valence-electron chi connectivity index (χ1n) is 13.9. The molecule has 8 nitrogen and oxygen atoms in total. The Morgan fingerprint density at radius 1 is 0.976 bits per heavy atom. The van der Waals surface area contributed by atoms with E-state index in [1.807, 2.05) is 13.8 Å². The van der Waals surface area contributed by atoms with E-state index in [0.29, 0.717) is 40.9 Å². The number of sulfonamides is 1. The molecule has 2 amide bonds. The number of aryl methyl sites for hydroxylation is 1. The molecular formula is C31H37Cl2N3O5S. The SMILES string of the molecule is CCCNC(=O)[C@H](CC)N(Cc1ccc(Cl)cc1Cl)C(=O)CN(c1ccccc1OCC)S(=O)(=O)c1ccc(C)cc1. The predicted molar refractivity (Wildman–Crippen MR) is 168 cm³/mol. The normalized spacial score (nSPS) is 12.0. The molecule has 0 aromatic heterocycles. The van der Waals surface area contributed by atoms with Crippen molar-refractivity contribution in [2.45, 2.75) is 58.0 Å². The van der Waals surface area contributed by atoms with E-state index in [1.54, 1.807) is 68.4 Å². The van der Waals surface area contributed by atoms with Crippen molar-refractivity contribution in [1.82, 2.24) is 10.2 Å². The van der Waals surface area contributed by atoms with Gasteiger partial charge in [0.2, 0.25) is 11.8 Å². The molecule has 0 fully saturated rings. The third-order valence-corrected chi connectivity index (χ3v) is 8.97. The average Bonchev–Trinajstić information content (AvgIpc) is 2.96. The number of ether oxygens (including phenoxy) is 1. The summed E-state index contributed by atoms with van der Waals surface area (Å²) in [6.07, 6.45) is 1.02. The van der Waals surface area contributed by atoms with Gasteiger partial charge in [0, 0.05) is 23.1 Å². The van der Waals surface area contributed by atoms with Gasteiger partial charge < -0.3 is 15.0 Å². The van der Waals surface area contributed by atoms with Crippen LogP contribution in [0.1, 0.15) is 44.7 Å². The molecule has 0 heterocycles. The second-order valence-electron chi connectivity index (χ2n) is 9.70. The van der Waals surface area contributed by atoms with Crippen LogP contribution >= 0.6 is 23.2 Å². The summed E-state index contributed by atoms with van der Waals surface area (Å²) in [5, 5.41) is 3.62. The highest BCUT2D eigenvalue weighted by atomic mass is 35.5. The highest BCUT2D eigenvalue weighted by Crippen LogP contribution is 2.33. The highest BCUT2D eigenvalue weighted by Gasteiger charge is 2.35. The minimum atomic E-state index is -4.23. The maximum atomic E-state index is 14.2. The fraction of sp³-hybridized carbons (Fsp3) is 0.355. The number of anilines is 1. The molecule has 0 saturated carbocycles. The van der Waals surface area contributed by atoms with Gasteiger partial charge in [0.05, 0.1) is 17.2 Å². The monoisotopic (exact) mass is 633 g/mol. The first-order valence-corrected chi connectivity index (χ1v) is 16.0. The number of amides is 2. The van der Waals surface area contributed by atoms with Crippen LogP contribution in [0.4, 0.5) is 5.69 Å². The minimum Gasteiger partial charge on any atom is -0.492 e. The van der Waals surface area contributed by atoms with Gasteiger partial charge in [0.25, 0.3) is 10.0 Å². The maximum absolute atomic E-state index is 14.2. The lowest BCUT2D eigenvalue weighted by atomic mass is 10.1. The Balaban J connectivity index is 2.12. The van der Waals surface area contributed by atoms with Gasteiger partial charge >= 0.3 is 0 Å². The summed E-state index contributed by atoms with van der Waals surface area (Å²) in [6.45, 7) is 7.50. The van der Waals surface area contributed by atoms with Crippen LogP contribution in [0.15, 0.2) is 71.6 Å². The molecule has 0 bridgehead atoms. The molecule has 3 aromatic rings. The maximum Gasteiger partial charge on any atom is 0.264 e. The van der Waals surface area contributed by atoms with E-state index in [9.17, 15) is 18.0 Å². The van der Waals surface area contributed by atoms with Gasteiger partial charge in [0.15, 0.2) is 0 Å². The molecule has 0 saturated heterocycles. The largest absolute Gasteiger partial charge is 0.492 e. The van der Waals surface area contributed by atoms with E-state index < -0.39 is 28.5 Å². The number of nitrogens with one attached hydrogen (secondary N) is 1. The zero-order valence-corrected chi connectivity index (χ0v) is 26.6. The van der Waals surface area contributed by atoms with Crippen LogP contribution in [0, 0.1) is 6.92 Å². The Morgan fingerprint density at radius 3 is 2.29 bits per heavy atom. The van der Waals surface area contributed by atoms with Crippen molar-refractivity contribution in [1.29, 1.82) is 0 Å². The lowest BCUT2D eigenvalue weighted by Crippen LogP contribution is -2.52. The number of carbonyl (C=O) groups is 2. The third-order valence-electron chi connectivity index (χ3n) is 6.61. The van der Waals surface area contributed by atoms with E-state index in [0.717, 1.165) is 16.3 Å². The van der Waals surface area contributed by atoms with Crippen molar-refractivity contribution >= 4 is 50.7 Å². The standard InChI is InChI=1S/C31H37Cl2N3O5S/c1-5-18-34-31(38)27(6-2)35(20-23-14-15-24(32)19-26(23)33)30(37)21-36(28-10-8-9-11-29(28)41-7-3)42(39,40)25-16-12-22(4)13-17-25/h8-17,19,27H,5-7,18,20-21H2,1-4H3,(H,34,38)/t27-/m0/s1. The van der Waals surface area contributed by atoms with Crippen molar-refractivity contribution in [2.24, 2.45) is 0 Å². The summed E-state index contributed by atoms with van der Waals surface area (Å²) in [4.78, 5) is 28.9. The number of rotatable bonds is 14. The van der Waals surface area contributed by atoms with E-state index in [2.05, 4.69) is 5.32 Å². The molecule has 1 N–H and O–H groups in total. The second kappa shape index (κ2) is 15.3. The van der Waals surface area contributed by atoms with Crippen molar-refractivity contribution < 1.29 is 22.7 Å². The average molecular weight is 635 g/mol. The Labute approximate surface area is 258 Å². The Bertz CT molecular complexity index is 1480. The zero-order valence-electron chi connectivity index (χ0n) is 24.3. The highest BCUT2D eigenvalue weighted by molar-refractivity contribution is 7.92. The summed E-state index contributed by atoms with van der Waals surface area (Å²) in [5.41, 5.74) is 1.67. The number of benzene rings is 3. The Hall–Kier alpha value is -3.27. The predicted octanol–water partition coefficient (Wildman–Crippen LogP) is 6.23. The molecule has 0 radical (unpaired) electrons. The number of hydrogen-bond donors (Lipinski definition) is 1. The summed E-state index contributed by atoms with van der Waals surface area (Å²) >= 11 is 12.6. The van der Waals surface area contributed by atoms with Gasteiger partial charge in [0.1, 0.15) is 18.3 Å². The first-order chi connectivity index (χ1) is 20.0. The summed E-state index contributed by atoms with van der Waals surface area (Å²) in [5.74, 6) is -0.606. The van der Waals surface area contributed by atoms with Gasteiger partial charge in [-0.1, -0.05) is 72.9 Å². The lowest BCUT2D eigenvalue weighted by molar-refractivity contribution is -0.140. The number of nitrogens with zero attached hydrogens (tertiary/aromatic N) is 2. The number of carbonyl (C=O) groups excluding carboxylic acids is 2. The van der Waals surface area contributed by atoms with E-state index in [-0.39, 0.29) is 23.0 Å². The fourth-order valence-corrected chi connectivity index (χ4v) is 6.30. The topological polar surface area (TPSA) is 96.0 Å². The number of halogens is 2. The molecule has 0 unspecified atom stereocenters.